The van der Waals surface area contributed by atoms with E-state index in [9.17, 15) is 14.7 Å². The van der Waals surface area contributed by atoms with Crippen LogP contribution in [0.25, 0.3) is 0 Å². The molecule has 0 aromatic heterocycles. The Hall–Kier alpha value is -2.08. The van der Waals surface area contributed by atoms with E-state index in [0.29, 0.717) is 12.1 Å². The predicted octanol–water partition coefficient (Wildman–Crippen LogP) is 5.12. The lowest BCUT2D eigenvalue weighted by atomic mass is 10.1. The van der Waals surface area contributed by atoms with Gasteiger partial charge in [0.2, 0.25) is 0 Å². The average molecular weight is 392 g/mol. The fourth-order valence-electron chi connectivity index (χ4n) is 3.24. The van der Waals surface area contributed by atoms with Gasteiger partial charge >= 0.3 is 6.03 Å². The maximum atomic E-state index is 12.5. The third-order valence-corrected chi connectivity index (χ3v) is 4.96. The fourth-order valence-corrected chi connectivity index (χ4v) is 3.24. The van der Waals surface area contributed by atoms with Gasteiger partial charge in [-0.25, -0.2) is 10.6 Å². The maximum absolute atomic E-state index is 12.5. The normalized spacial score (nSPS) is 10.6. The van der Waals surface area contributed by atoms with Crippen molar-refractivity contribution in [2.24, 2.45) is 5.84 Å². The summed E-state index contributed by atoms with van der Waals surface area (Å²) in [7, 11) is 0. The molecule has 0 saturated carbocycles. The molecule has 0 heterocycles. The molecule has 0 fully saturated rings. The SMILES string of the molecule is CCCCCCCCCCCCCCN(C(=O)NN)C(=O)c1ccc(O)cc1. The van der Waals surface area contributed by atoms with E-state index in [-0.39, 0.29) is 5.75 Å². The minimum absolute atomic E-state index is 0.0762. The van der Waals surface area contributed by atoms with Crippen LogP contribution in [0.1, 0.15) is 94.3 Å². The van der Waals surface area contributed by atoms with Crippen molar-refractivity contribution in [1.29, 1.82) is 0 Å². The van der Waals surface area contributed by atoms with E-state index in [1.54, 1.807) is 0 Å². The zero-order valence-corrected chi connectivity index (χ0v) is 17.3. The first-order valence-electron chi connectivity index (χ1n) is 10.7. The number of aromatic hydroxyl groups is 1. The summed E-state index contributed by atoms with van der Waals surface area (Å²) in [5, 5.41) is 9.33. The van der Waals surface area contributed by atoms with Crippen LogP contribution >= 0.6 is 0 Å². The van der Waals surface area contributed by atoms with Gasteiger partial charge in [-0.05, 0) is 30.7 Å². The lowest BCUT2D eigenvalue weighted by Gasteiger charge is -2.20. The Balaban J connectivity index is 2.21. The van der Waals surface area contributed by atoms with E-state index >= 15 is 0 Å². The van der Waals surface area contributed by atoms with Gasteiger partial charge in [0.15, 0.2) is 0 Å². The second-order valence-electron chi connectivity index (χ2n) is 7.34. The Bertz CT molecular complexity index is 561. The van der Waals surface area contributed by atoms with Gasteiger partial charge in [-0.1, -0.05) is 77.6 Å². The molecule has 28 heavy (non-hydrogen) atoms. The van der Waals surface area contributed by atoms with Gasteiger partial charge in [-0.3, -0.25) is 15.1 Å². The monoisotopic (exact) mass is 391 g/mol. The number of benzene rings is 1. The number of nitrogens with zero attached hydrogens (tertiary/aromatic N) is 1. The van der Waals surface area contributed by atoms with Crippen molar-refractivity contribution in [3.8, 4) is 5.75 Å². The molecule has 0 bridgehead atoms. The second kappa shape index (κ2) is 14.9. The zero-order valence-electron chi connectivity index (χ0n) is 17.3. The number of nitrogens with one attached hydrogen (secondary N) is 1. The first-order chi connectivity index (χ1) is 13.6. The van der Waals surface area contributed by atoms with Crippen LogP contribution in [0.3, 0.4) is 0 Å². The number of hydrogen-bond donors (Lipinski definition) is 3. The minimum Gasteiger partial charge on any atom is -0.508 e. The number of rotatable bonds is 14. The topological polar surface area (TPSA) is 95.7 Å². The van der Waals surface area contributed by atoms with Gasteiger partial charge in [0.1, 0.15) is 5.75 Å². The van der Waals surface area contributed by atoms with Crippen molar-refractivity contribution >= 4 is 11.9 Å². The molecule has 6 nitrogen and oxygen atoms in total. The molecule has 0 saturated heterocycles. The highest BCUT2D eigenvalue weighted by Crippen LogP contribution is 2.14. The molecule has 6 heteroatoms. The number of phenolic OH excluding ortho intramolecular Hbond substituents is 1. The third-order valence-electron chi connectivity index (χ3n) is 4.96. The second-order valence-corrected chi connectivity index (χ2v) is 7.34. The highest BCUT2D eigenvalue weighted by atomic mass is 16.3. The van der Waals surface area contributed by atoms with Crippen LogP contribution in [-0.2, 0) is 0 Å². The molecule has 1 aromatic carbocycles. The van der Waals surface area contributed by atoms with Crippen LogP contribution in [0.15, 0.2) is 24.3 Å². The maximum Gasteiger partial charge on any atom is 0.338 e. The zero-order chi connectivity index (χ0) is 20.6. The number of phenols is 1. The number of amides is 3. The molecule has 0 spiro atoms. The van der Waals surface area contributed by atoms with Gasteiger partial charge in [0, 0.05) is 12.1 Å². The Morgan fingerprint density at radius 3 is 1.79 bits per heavy atom. The van der Waals surface area contributed by atoms with Crippen molar-refractivity contribution in [1.82, 2.24) is 10.3 Å². The first-order valence-corrected chi connectivity index (χ1v) is 10.7. The van der Waals surface area contributed by atoms with Gasteiger partial charge in [0.25, 0.3) is 5.91 Å². The first kappa shape index (κ1) is 24.0. The van der Waals surface area contributed by atoms with Crippen molar-refractivity contribution in [3.63, 3.8) is 0 Å². The molecule has 0 unspecified atom stereocenters. The van der Waals surface area contributed by atoms with Crippen LogP contribution in [0, 0.1) is 0 Å². The van der Waals surface area contributed by atoms with E-state index in [4.69, 9.17) is 5.84 Å². The molecule has 1 rings (SSSR count). The van der Waals surface area contributed by atoms with E-state index in [1.807, 2.05) is 5.43 Å². The third kappa shape index (κ3) is 9.74. The fraction of sp³-hybridized carbons (Fsp3) is 0.636. The number of nitrogens with two attached hydrogens (primary N) is 1. The molecular formula is C22H37N3O3. The molecular weight excluding hydrogens is 354 g/mol. The molecule has 0 aliphatic heterocycles. The number of imide groups is 1. The minimum atomic E-state index is -0.610. The highest BCUT2D eigenvalue weighted by Gasteiger charge is 2.21. The van der Waals surface area contributed by atoms with E-state index in [2.05, 4.69) is 6.92 Å². The highest BCUT2D eigenvalue weighted by molar-refractivity contribution is 6.04. The number of carbonyl (C=O) groups excluding carboxylic acids is 2. The summed E-state index contributed by atoms with van der Waals surface area (Å²) in [5.41, 5.74) is 2.38. The summed E-state index contributed by atoms with van der Waals surface area (Å²) >= 11 is 0. The summed E-state index contributed by atoms with van der Waals surface area (Å²) in [6.45, 7) is 2.57. The number of hydrazine groups is 1. The smallest absolute Gasteiger partial charge is 0.338 e. The van der Waals surface area contributed by atoms with Crippen LogP contribution in [0.4, 0.5) is 4.79 Å². The standard InChI is InChI=1S/C22H37N3O3/c1-2-3-4-5-6-7-8-9-10-11-12-13-18-25(22(28)24-23)21(27)19-14-16-20(26)17-15-19/h14-17,26H,2-13,18,23H2,1H3,(H,24,28). The van der Waals surface area contributed by atoms with Gasteiger partial charge in [0.05, 0.1) is 0 Å². The summed E-state index contributed by atoms with van der Waals surface area (Å²) < 4.78 is 0. The Morgan fingerprint density at radius 2 is 1.32 bits per heavy atom. The lowest BCUT2D eigenvalue weighted by Crippen LogP contribution is -2.47. The Labute approximate surface area is 169 Å². The summed E-state index contributed by atoms with van der Waals surface area (Å²) in [6.07, 6.45) is 14.7. The number of unbranched alkanes of at least 4 members (excludes halogenated alkanes) is 11. The largest absolute Gasteiger partial charge is 0.508 e. The molecule has 1 aromatic rings. The number of hydrogen-bond acceptors (Lipinski definition) is 4. The van der Waals surface area contributed by atoms with Crippen molar-refractivity contribution in [3.05, 3.63) is 29.8 Å². The van der Waals surface area contributed by atoms with Gasteiger partial charge < -0.3 is 5.11 Å². The summed E-state index contributed by atoms with van der Waals surface area (Å²) in [4.78, 5) is 25.6. The van der Waals surface area contributed by atoms with Crippen molar-refractivity contribution in [2.45, 2.75) is 84.0 Å². The predicted molar refractivity (Wildman–Crippen MR) is 113 cm³/mol. The molecule has 0 atom stereocenters. The molecule has 0 aliphatic rings. The molecule has 3 amide bonds. The van der Waals surface area contributed by atoms with Gasteiger partial charge in [-0.2, -0.15) is 0 Å². The van der Waals surface area contributed by atoms with Crippen LogP contribution < -0.4 is 11.3 Å². The molecule has 0 aliphatic carbocycles. The Kier molecular flexibility index (Phi) is 12.8. The van der Waals surface area contributed by atoms with Crippen LogP contribution in [0.5, 0.6) is 5.75 Å². The van der Waals surface area contributed by atoms with E-state index in [0.717, 1.165) is 24.2 Å². The summed E-state index contributed by atoms with van der Waals surface area (Å²) in [6, 6.07) is 5.24. The molecule has 4 N–H and O–H groups in total. The molecule has 0 radical (unpaired) electrons. The lowest BCUT2D eigenvalue weighted by molar-refractivity contribution is 0.0798. The number of urea groups is 1. The van der Waals surface area contributed by atoms with E-state index < -0.39 is 11.9 Å². The summed E-state index contributed by atoms with van der Waals surface area (Å²) in [5.74, 6) is 4.88. The molecule has 158 valence electrons. The van der Waals surface area contributed by atoms with Gasteiger partial charge in [-0.15, -0.1) is 0 Å². The van der Waals surface area contributed by atoms with E-state index in [1.165, 1.54) is 82.1 Å². The van der Waals surface area contributed by atoms with Crippen molar-refractivity contribution < 1.29 is 14.7 Å². The Morgan fingerprint density at radius 1 is 0.857 bits per heavy atom. The average Bonchev–Trinajstić information content (AvgIpc) is 2.71. The quantitative estimate of drug-likeness (QED) is 0.177. The van der Waals surface area contributed by atoms with Crippen molar-refractivity contribution in [2.75, 3.05) is 6.54 Å². The van der Waals surface area contributed by atoms with Crippen LogP contribution in [-0.4, -0.2) is 28.5 Å². The number of carbonyl (C=O) groups is 2. The van der Waals surface area contributed by atoms with Crippen LogP contribution in [0.2, 0.25) is 0 Å².